The number of hydrogen-bond donors (Lipinski definition) is 1. The lowest BCUT2D eigenvalue weighted by Gasteiger charge is -2.29. The summed E-state index contributed by atoms with van der Waals surface area (Å²) in [5.74, 6) is -1.46. The molecule has 1 N–H and O–H groups in total. The van der Waals surface area contributed by atoms with Gasteiger partial charge in [-0.05, 0) is 49.7 Å². The molecule has 0 saturated heterocycles. The fourth-order valence-electron chi connectivity index (χ4n) is 3.41. The lowest BCUT2D eigenvalue weighted by Crippen LogP contribution is -2.27. The van der Waals surface area contributed by atoms with E-state index in [0.29, 0.717) is 38.0 Å². The molecule has 1 aliphatic rings. The molecule has 0 spiro atoms. The highest BCUT2D eigenvalue weighted by molar-refractivity contribution is 8.03. The summed E-state index contributed by atoms with van der Waals surface area (Å²) >= 11 is 13.2. The average molecular weight is 475 g/mol. The molecular formula is C23H17Cl2FN2O2S. The summed E-state index contributed by atoms with van der Waals surface area (Å²) < 4.78 is 13.4. The first kappa shape index (κ1) is 23.1. The van der Waals surface area contributed by atoms with Gasteiger partial charge in [0, 0.05) is 21.9 Å². The second-order valence-electron chi connectivity index (χ2n) is 6.90. The van der Waals surface area contributed by atoms with Crippen LogP contribution in [-0.2, 0) is 4.79 Å². The van der Waals surface area contributed by atoms with Gasteiger partial charge in [0.05, 0.1) is 33.4 Å². The number of rotatable bonds is 6. The Kier molecular flexibility index (Phi) is 7.22. The Morgan fingerprint density at radius 3 is 2.45 bits per heavy atom. The summed E-state index contributed by atoms with van der Waals surface area (Å²) in [6, 6.07) is 12.5. The fourth-order valence-corrected chi connectivity index (χ4v) is 4.90. The maximum absolute atomic E-state index is 13.4. The van der Waals surface area contributed by atoms with Crippen LogP contribution in [0, 0.1) is 17.1 Å². The minimum Gasteiger partial charge on any atom is -0.353 e. The normalized spacial score (nSPS) is 16.1. The Labute approximate surface area is 193 Å². The Hall–Kier alpha value is -2.59. The molecule has 0 radical (unpaired) electrons. The molecule has 3 rings (SSSR count). The van der Waals surface area contributed by atoms with Gasteiger partial charge in [-0.3, -0.25) is 9.59 Å². The van der Waals surface area contributed by atoms with Crippen LogP contribution in [0.25, 0.3) is 0 Å². The SMILES string of the molecule is CC(=O)C1=C(C)NC(SCC(=O)c2ccc(Cl)cc2Cl)=C(C#N)C1c1ccc(F)cc1. The van der Waals surface area contributed by atoms with Gasteiger partial charge in [0.2, 0.25) is 0 Å². The van der Waals surface area contributed by atoms with Crippen molar-refractivity contribution in [1.29, 1.82) is 5.26 Å². The summed E-state index contributed by atoms with van der Waals surface area (Å²) in [6.45, 7) is 3.16. The number of carbonyl (C=O) groups excluding carboxylic acids is 2. The number of hydrogen-bond acceptors (Lipinski definition) is 5. The number of halogens is 3. The molecule has 4 nitrogen and oxygen atoms in total. The van der Waals surface area contributed by atoms with E-state index < -0.39 is 11.7 Å². The molecule has 0 saturated carbocycles. The molecule has 2 aromatic rings. The minimum absolute atomic E-state index is 0.0215. The van der Waals surface area contributed by atoms with E-state index in [4.69, 9.17) is 23.2 Å². The number of nitrogens with zero attached hydrogens (tertiary/aromatic N) is 1. The van der Waals surface area contributed by atoms with Gasteiger partial charge in [-0.25, -0.2) is 4.39 Å². The molecule has 0 aliphatic carbocycles. The summed E-state index contributed by atoms with van der Waals surface area (Å²) in [5.41, 5.74) is 2.26. The highest BCUT2D eigenvalue weighted by Gasteiger charge is 2.33. The minimum atomic E-state index is -0.652. The first-order valence-electron chi connectivity index (χ1n) is 9.22. The van der Waals surface area contributed by atoms with Crippen molar-refractivity contribution in [1.82, 2.24) is 5.32 Å². The van der Waals surface area contributed by atoms with E-state index in [1.807, 2.05) is 0 Å². The highest BCUT2D eigenvalue weighted by Crippen LogP contribution is 2.41. The van der Waals surface area contributed by atoms with Gasteiger partial charge in [0.25, 0.3) is 0 Å². The van der Waals surface area contributed by atoms with E-state index in [1.54, 1.807) is 31.2 Å². The quantitative estimate of drug-likeness (QED) is 0.517. The molecule has 0 amide bonds. The topological polar surface area (TPSA) is 70.0 Å². The number of carbonyl (C=O) groups is 2. The molecule has 2 aromatic carbocycles. The third-order valence-corrected chi connectivity index (χ3v) is 6.37. The largest absolute Gasteiger partial charge is 0.353 e. The van der Waals surface area contributed by atoms with Gasteiger partial charge < -0.3 is 5.32 Å². The van der Waals surface area contributed by atoms with Crippen LogP contribution in [0.1, 0.15) is 35.7 Å². The number of thioether (sulfide) groups is 1. The number of ketones is 2. The number of dihydropyridines is 1. The Morgan fingerprint density at radius 2 is 1.87 bits per heavy atom. The van der Waals surface area contributed by atoms with Crippen LogP contribution < -0.4 is 5.32 Å². The number of nitrogens with one attached hydrogen (secondary N) is 1. The lowest BCUT2D eigenvalue weighted by atomic mass is 9.81. The molecule has 1 heterocycles. The van der Waals surface area contributed by atoms with Crippen LogP contribution in [0.15, 0.2) is 64.3 Å². The zero-order valence-corrected chi connectivity index (χ0v) is 19.0. The van der Waals surface area contributed by atoms with Gasteiger partial charge in [-0.1, -0.05) is 47.1 Å². The standard InChI is InChI=1S/C23H17Cl2FN2O2S/c1-12-21(13(2)29)22(14-3-6-16(26)7-4-14)18(10-27)23(28-12)31-11-20(30)17-8-5-15(24)9-19(17)25/h3-9,22,28H,11H2,1-2H3. The molecule has 31 heavy (non-hydrogen) atoms. The van der Waals surface area contributed by atoms with E-state index in [0.717, 1.165) is 11.8 Å². The van der Waals surface area contributed by atoms with E-state index in [2.05, 4.69) is 11.4 Å². The maximum Gasteiger partial charge on any atom is 0.174 e. The molecule has 158 valence electrons. The fraction of sp³-hybridized carbons (Fsp3) is 0.174. The van der Waals surface area contributed by atoms with Crippen LogP contribution in [0.5, 0.6) is 0 Å². The third kappa shape index (κ3) is 5.01. The molecule has 0 bridgehead atoms. The molecule has 0 fully saturated rings. The van der Waals surface area contributed by atoms with Crippen molar-refractivity contribution >= 4 is 46.5 Å². The Morgan fingerprint density at radius 1 is 1.19 bits per heavy atom. The number of allylic oxidation sites excluding steroid dienone is 3. The van der Waals surface area contributed by atoms with Gasteiger partial charge in [-0.2, -0.15) is 5.26 Å². The Bertz CT molecular complexity index is 1170. The Balaban J connectivity index is 1.95. The molecule has 1 unspecified atom stereocenters. The first-order chi connectivity index (χ1) is 14.7. The van der Waals surface area contributed by atoms with Gasteiger partial charge in [-0.15, -0.1) is 0 Å². The van der Waals surface area contributed by atoms with Crippen molar-refractivity contribution in [2.75, 3.05) is 5.75 Å². The van der Waals surface area contributed by atoms with Crippen LogP contribution >= 0.6 is 35.0 Å². The van der Waals surface area contributed by atoms with E-state index in [9.17, 15) is 19.2 Å². The smallest absolute Gasteiger partial charge is 0.174 e. The third-order valence-electron chi connectivity index (χ3n) is 4.81. The van der Waals surface area contributed by atoms with Gasteiger partial charge in [0.1, 0.15) is 5.82 Å². The molecule has 0 aromatic heterocycles. The number of Topliss-reactive ketones (excluding diaryl/α,β-unsaturated/α-hetero) is 2. The first-order valence-corrected chi connectivity index (χ1v) is 11.0. The number of benzene rings is 2. The second-order valence-corrected chi connectivity index (χ2v) is 8.72. The zero-order valence-electron chi connectivity index (χ0n) is 16.6. The molecule has 1 atom stereocenters. The lowest BCUT2D eigenvalue weighted by molar-refractivity contribution is -0.113. The van der Waals surface area contributed by atoms with E-state index in [1.165, 1.54) is 25.1 Å². The average Bonchev–Trinajstić information content (AvgIpc) is 2.71. The second kappa shape index (κ2) is 9.69. The number of nitriles is 1. The van der Waals surface area contributed by atoms with Crippen molar-refractivity contribution in [2.24, 2.45) is 0 Å². The maximum atomic E-state index is 13.4. The van der Waals surface area contributed by atoms with Crippen molar-refractivity contribution in [3.63, 3.8) is 0 Å². The van der Waals surface area contributed by atoms with Crippen LogP contribution in [0.4, 0.5) is 4.39 Å². The highest BCUT2D eigenvalue weighted by atomic mass is 35.5. The summed E-state index contributed by atoms with van der Waals surface area (Å²) in [5, 5.41) is 14.1. The van der Waals surface area contributed by atoms with E-state index >= 15 is 0 Å². The zero-order chi connectivity index (χ0) is 22.7. The van der Waals surface area contributed by atoms with Gasteiger partial charge in [0.15, 0.2) is 11.6 Å². The van der Waals surface area contributed by atoms with Crippen molar-refractivity contribution in [2.45, 2.75) is 19.8 Å². The molecule has 1 aliphatic heterocycles. The summed E-state index contributed by atoms with van der Waals surface area (Å²) in [7, 11) is 0. The predicted octanol–water partition coefficient (Wildman–Crippen LogP) is 6.03. The predicted molar refractivity (Wildman–Crippen MR) is 122 cm³/mol. The van der Waals surface area contributed by atoms with Crippen molar-refractivity contribution in [3.05, 3.63) is 91.3 Å². The van der Waals surface area contributed by atoms with Crippen LogP contribution in [0.3, 0.4) is 0 Å². The summed E-state index contributed by atoms with van der Waals surface area (Å²) in [4.78, 5) is 25.0. The van der Waals surface area contributed by atoms with Gasteiger partial charge >= 0.3 is 0 Å². The molecular weight excluding hydrogens is 458 g/mol. The molecule has 8 heteroatoms. The van der Waals surface area contributed by atoms with E-state index in [-0.39, 0.29) is 22.3 Å². The van der Waals surface area contributed by atoms with Crippen molar-refractivity contribution in [3.8, 4) is 6.07 Å². The van der Waals surface area contributed by atoms with Crippen LogP contribution in [-0.4, -0.2) is 17.3 Å². The van der Waals surface area contributed by atoms with Crippen molar-refractivity contribution < 1.29 is 14.0 Å². The monoisotopic (exact) mass is 474 g/mol. The van der Waals surface area contributed by atoms with Crippen LogP contribution in [0.2, 0.25) is 10.0 Å². The summed E-state index contributed by atoms with van der Waals surface area (Å²) in [6.07, 6.45) is 0.